The summed E-state index contributed by atoms with van der Waals surface area (Å²) in [4.78, 5) is 24.7. The summed E-state index contributed by atoms with van der Waals surface area (Å²) in [6.07, 6.45) is 4.05. The number of aromatic nitrogens is 2. The largest absolute Gasteiger partial charge is 0.486 e. The molecule has 0 spiro atoms. The molecule has 3 aromatic carbocycles. The first-order chi connectivity index (χ1) is 20.5. The second kappa shape index (κ2) is 10.8. The number of anilines is 1. The molecular weight excluding hydrogens is 572 g/mol. The second-order valence-corrected chi connectivity index (χ2v) is 13.0. The minimum atomic E-state index is -3.73. The van der Waals surface area contributed by atoms with E-state index in [1.54, 1.807) is 29.4 Å². The number of benzene rings is 3. The Morgan fingerprint density at radius 2 is 1.71 bits per heavy atom. The molecule has 0 saturated carbocycles. The van der Waals surface area contributed by atoms with E-state index in [9.17, 15) is 13.2 Å². The van der Waals surface area contributed by atoms with E-state index >= 15 is 0 Å². The fourth-order valence-corrected chi connectivity index (χ4v) is 7.61. The summed E-state index contributed by atoms with van der Waals surface area (Å²) in [5.74, 6) is 0.985. The van der Waals surface area contributed by atoms with Crippen LogP contribution in [0.2, 0.25) is 0 Å². The van der Waals surface area contributed by atoms with Crippen molar-refractivity contribution in [3.05, 3.63) is 107 Å². The maximum Gasteiger partial charge on any atom is 0.260 e. The van der Waals surface area contributed by atoms with E-state index in [0.29, 0.717) is 60.4 Å². The molecule has 0 saturated heterocycles. The number of carbonyl (C=O) groups is 1. The molecule has 2 aliphatic heterocycles. The second-order valence-electron chi connectivity index (χ2n) is 10.1. The van der Waals surface area contributed by atoms with Gasteiger partial charge in [-0.3, -0.25) is 14.7 Å². The van der Waals surface area contributed by atoms with Gasteiger partial charge in [0.2, 0.25) is 10.0 Å². The molecule has 9 nitrogen and oxygen atoms in total. The number of pyridine rings is 1. The number of thiazole rings is 1. The van der Waals surface area contributed by atoms with Gasteiger partial charge in [0, 0.05) is 43.2 Å². The van der Waals surface area contributed by atoms with Crippen molar-refractivity contribution in [1.82, 2.24) is 14.3 Å². The average Bonchev–Trinajstić information content (AvgIpc) is 3.45. The van der Waals surface area contributed by atoms with Crippen LogP contribution >= 0.6 is 11.3 Å². The van der Waals surface area contributed by atoms with Crippen molar-refractivity contribution in [3.63, 3.8) is 0 Å². The van der Waals surface area contributed by atoms with Crippen LogP contribution in [-0.2, 0) is 29.5 Å². The average molecular weight is 599 g/mol. The van der Waals surface area contributed by atoms with Gasteiger partial charge in [-0.15, -0.1) is 0 Å². The van der Waals surface area contributed by atoms with Crippen molar-refractivity contribution < 1.29 is 22.7 Å². The lowest BCUT2D eigenvalue weighted by molar-refractivity contribution is 0.0985. The molecule has 7 rings (SSSR count). The van der Waals surface area contributed by atoms with Crippen LogP contribution in [0.4, 0.5) is 5.13 Å². The van der Waals surface area contributed by atoms with Gasteiger partial charge in [-0.05, 0) is 53.4 Å². The van der Waals surface area contributed by atoms with Gasteiger partial charge < -0.3 is 9.47 Å². The zero-order chi connectivity index (χ0) is 28.7. The summed E-state index contributed by atoms with van der Waals surface area (Å²) in [7, 11) is -3.73. The zero-order valence-electron chi connectivity index (χ0n) is 22.5. The molecule has 0 fully saturated rings. The first-order valence-electron chi connectivity index (χ1n) is 13.5. The van der Waals surface area contributed by atoms with E-state index in [-0.39, 0.29) is 17.3 Å². The number of rotatable bonds is 6. The van der Waals surface area contributed by atoms with Gasteiger partial charge in [-0.2, -0.15) is 4.31 Å². The Balaban J connectivity index is 1.19. The van der Waals surface area contributed by atoms with Gasteiger partial charge in [0.1, 0.15) is 13.2 Å². The highest BCUT2D eigenvalue weighted by atomic mass is 32.2. The number of carbonyl (C=O) groups excluding carboxylic acids is 1. The van der Waals surface area contributed by atoms with Gasteiger partial charge in [0.15, 0.2) is 16.6 Å². The monoisotopic (exact) mass is 598 g/mol. The number of hydrogen-bond donors (Lipinski definition) is 0. The van der Waals surface area contributed by atoms with Gasteiger partial charge in [-0.1, -0.05) is 41.7 Å². The van der Waals surface area contributed by atoms with Crippen molar-refractivity contribution >= 4 is 42.6 Å². The summed E-state index contributed by atoms with van der Waals surface area (Å²) in [6, 6.07) is 21.5. The topological polar surface area (TPSA) is 102 Å². The Labute approximate surface area is 247 Å². The fraction of sp³-hybridized carbons (Fsp3) is 0.194. The normalized spacial score (nSPS) is 14.9. The predicted octanol–water partition coefficient (Wildman–Crippen LogP) is 5.06. The lowest BCUT2D eigenvalue weighted by Crippen LogP contribution is -2.36. The highest BCUT2D eigenvalue weighted by molar-refractivity contribution is 7.89. The van der Waals surface area contributed by atoms with Crippen LogP contribution in [0.1, 0.15) is 27.0 Å². The molecule has 5 aromatic rings. The Morgan fingerprint density at radius 1 is 0.952 bits per heavy atom. The van der Waals surface area contributed by atoms with Crippen molar-refractivity contribution in [1.29, 1.82) is 0 Å². The number of ether oxygens (including phenoxy) is 2. The number of nitrogens with zero attached hydrogens (tertiary/aromatic N) is 4. The summed E-state index contributed by atoms with van der Waals surface area (Å²) in [5, 5.41) is 0.505. The van der Waals surface area contributed by atoms with Crippen molar-refractivity contribution in [2.45, 2.75) is 24.4 Å². The lowest BCUT2D eigenvalue weighted by atomic mass is 10.0. The van der Waals surface area contributed by atoms with Crippen LogP contribution in [0.25, 0.3) is 10.2 Å². The van der Waals surface area contributed by atoms with Gasteiger partial charge in [-0.25, -0.2) is 13.4 Å². The van der Waals surface area contributed by atoms with Crippen molar-refractivity contribution in [2.24, 2.45) is 0 Å². The Bertz CT molecular complexity index is 1850. The fourth-order valence-electron chi connectivity index (χ4n) is 5.22. The number of fused-ring (bicyclic) bond motifs is 3. The SMILES string of the molecule is O=C(c1ccc(S(=O)(=O)N2CCc3ccccc3C2)cc1)N(Cc1cccnc1)c1nc2cc3c(cc2s1)OCCO3. The quantitative estimate of drug-likeness (QED) is 0.269. The third kappa shape index (κ3) is 5.00. The number of amides is 1. The third-order valence-electron chi connectivity index (χ3n) is 7.42. The molecule has 212 valence electrons. The highest BCUT2D eigenvalue weighted by Crippen LogP contribution is 2.39. The maximum absolute atomic E-state index is 13.9. The van der Waals surface area contributed by atoms with Crippen LogP contribution in [0.3, 0.4) is 0 Å². The molecule has 4 heterocycles. The molecule has 0 unspecified atom stereocenters. The zero-order valence-corrected chi connectivity index (χ0v) is 24.1. The highest BCUT2D eigenvalue weighted by Gasteiger charge is 2.29. The standard InChI is InChI=1S/C31H26N4O5S2/c36-30(23-7-9-25(10-8-23)42(37,38)34-13-11-22-5-1-2-6-24(22)20-34)35(19-21-4-3-12-32-18-21)31-33-26-16-27-28(17-29(26)41-31)40-15-14-39-27/h1-10,12,16-18H,11,13-15,19-20H2. The Morgan fingerprint density at radius 3 is 2.48 bits per heavy atom. The summed E-state index contributed by atoms with van der Waals surface area (Å²) < 4.78 is 40.8. The van der Waals surface area contributed by atoms with E-state index in [1.165, 1.54) is 33.3 Å². The minimum absolute atomic E-state index is 0.155. The van der Waals surface area contributed by atoms with Crippen molar-refractivity contribution in [2.75, 3.05) is 24.7 Å². The number of hydrogen-bond acceptors (Lipinski definition) is 8. The summed E-state index contributed by atoms with van der Waals surface area (Å²) in [6.45, 7) is 1.93. The Kier molecular flexibility index (Phi) is 6.85. The van der Waals surface area contributed by atoms with Crippen LogP contribution in [0.5, 0.6) is 11.5 Å². The van der Waals surface area contributed by atoms with E-state index in [0.717, 1.165) is 15.8 Å². The predicted molar refractivity (Wildman–Crippen MR) is 160 cm³/mol. The molecule has 11 heteroatoms. The minimum Gasteiger partial charge on any atom is -0.486 e. The molecule has 0 radical (unpaired) electrons. The molecule has 0 aliphatic carbocycles. The van der Waals surface area contributed by atoms with Crippen LogP contribution in [-0.4, -0.2) is 48.4 Å². The molecule has 0 atom stereocenters. The first kappa shape index (κ1) is 26.6. The van der Waals surface area contributed by atoms with Gasteiger partial charge in [0.25, 0.3) is 5.91 Å². The number of sulfonamides is 1. The van der Waals surface area contributed by atoms with E-state index in [4.69, 9.17) is 14.5 Å². The molecular formula is C31H26N4O5S2. The third-order valence-corrected chi connectivity index (χ3v) is 10.3. The summed E-state index contributed by atoms with van der Waals surface area (Å²) >= 11 is 1.38. The molecule has 0 N–H and O–H groups in total. The van der Waals surface area contributed by atoms with Crippen molar-refractivity contribution in [3.8, 4) is 11.5 Å². The van der Waals surface area contributed by atoms with E-state index in [2.05, 4.69) is 4.98 Å². The van der Waals surface area contributed by atoms with E-state index < -0.39 is 10.0 Å². The smallest absolute Gasteiger partial charge is 0.260 e. The first-order valence-corrected chi connectivity index (χ1v) is 15.8. The van der Waals surface area contributed by atoms with Crippen LogP contribution in [0.15, 0.2) is 90.1 Å². The molecule has 42 heavy (non-hydrogen) atoms. The molecule has 2 aromatic heterocycles. The van der Waals surface area contributed by atoms with Gasteiger partial charge in [0.05, 0.1) is 21.7 Å². The summed E-state index contributed by atoms with van der Waals surface area (Å²) in [5.41, 5.74) is 4.08. The molecule has 2 aliphatic rings. The molecule has 1 amide bonds. The van der Waals surface area contributed by atoms with Crippen LogP contribution in [0, 0.1) is 0 Å². The van der Waals surface area contributed by atoms with E-state index in [1.807, 2.05) is 48.5 Å². The maximum atomic E-state index is 13.9. The lowest BCUT2D eigenvalue weighted by Gasteiger charge is -2.28. The Hall–Kier alpha value is -4.32. The molecule has 0 bridgehead atoms. The van der Waals surface area contributed by atoms with Crippen LogP contribution < -0.4 is 14.4 Å². The van der Waals surface area contributed by atoms with Gasteiger partial charge >= 0.3 is 0 Å².